The van der Waals surface area contributed by atoms with Gasteiger partial charge in [-0.1, -0.05) is 31.3 Å². The van der Waals surface area contributed by atoms with Gasteiger partial charge in [-0.15, -0.1) is 53.9 Å². The first kappa shape index (κ1) is 27.3. The fraction of sp³-hybridized carbons (Fsp3) is 0.0667. The second-order valence-corrected chi connectivity index (χ2v) is 10.2. The van der Waals surface area contributed by atoms with Gasteiger partial charge >= 0.3 is 21.7 Å². The Labute approximate surface area is 211 Å². The first-order valence-corrected chi connectivity index (χ1v) is 13.7. The molecule has 0 amide bonds. The molecule has 0 aliphatic heterocycles. The van der Waals surface area contributed by atoms with E-state index >= 15 is 0 Å². The van der Waals surface area contributed by atoms with Crippen molar-refractivity contribution in [1.29, 1.82) is 0 Å². The van der Waals surface area contributed by atoms with Crippen LogP contribution in [-0.4, -0.2) is 8.80 Å². The van der Waals surface area contributed by atoms with Crippen LogP contribution in [0.2, 0.25) is 13.1 Å². The number of benzene rings is 3. The van der Waals surface area contributed by atoms with Crippen molar-refractivity contribution in [2.45, 2.75) is 13.1 Å². The Morgan fingerprint density at radius 1 is 0.656 bits per heavy atom. The van der Waals surface area contributed by atoms with Crippen LogP contribution in [-0.2, 0) is 21.7 Å². The summed E-state index contributed by atoms with van der Waals surface area (Å²) in [5.74, 6) is 0. The fourth-order valence-electron chi connectivity index (χ4n) is 2.82. The third kappa shape index (κ3) is 12.2. The predicted octanol–water partition coefficient (Wildman–Crippen LogP) is 8.10. The molecule has 0 heterocycles. The molecule has 0 aliphatic carbocycles. The van der Waals surface area contributed by atoms with Gasteiger partial charge in [-0.2, -0.15) is 84.1 Å². The molecule has 0 bridgehead atoms. The van der Waals surface area contributed by atoms with Crippen LogP contribution >= 0.6 is 0 Å². The molecule has 0 N–H and O–H groups in total. The average Bonchev–Trinajstić information content (AvgIpc) is 3.51. The van der Waals surface area contributed by atoms with Crippen molar-refractivity contribution < 1.29 is 21.7 Å². The summed E-state index contributed by atoms with van der Waals surface area (Å²) in [6.45, 7) is 8.37. The zero-order valence-corrected chi connectivity index (χ0v) is 21.8. The Kier molecular flexibility index (Phi) is 14.4. The normalized spacial score (nSPS) is 9.09. The van der Waals surface area contributed by atoms with Gasteiger partial charge in [0.25, 0.3) is 0 Å². The van der Waals surface area contributed by atoms with Gasteiger partial charge in [0.2, 0.25) is 0 Å². The summed E-state index contributed by atoms with van der Waals surface area (Å²) in [6, 6.07) is 47.5. The Bertz CT molecular complexity index is 985. The van der Waals surface area contributed by atoms with Crippen LogP contribution < -0.4 is 0 Å². The molecule has 0 aliphatic rings. The molecule has 0 nitrogen and oxygen atoms in total. The minimum Gasteiger partial charge on any atom is -0.214 e. The summed E-state index contributed by atoms with van der Waals surface area (Å²) in [4.78, 5) is 0. The van der Waals surface area contributed by atoms with Crippen LogP contribution in [0.15, 0.2) is 133 Å². The maximum atomic E-state index is 3.72. The minimum atomic E-state index is -0.522. The molecule has 32 heavy (non-hydrogen) atoms. The van der Waals surface area contributed by atoms with Crippen molar-refractivity contribution in [3.05, 3.63) is 158 Å². The monoisotopic (exact) mass is 468 g/mol. The zero-order chi connectivity index (χ0) is 22.2. The van der Waals surface area contributed by atoms with Crippen molar-refractivity contribution in [3.8, 4) is 0 Å². The Morgan fingerprint density at radius 2 is 1.22 bits per heavy atom. The predicted molar refractivity (Wildman–Crippen MR) is 141 cm³/mol. The summed E-state index contributed by atoms with van der Waals surface area (Å²) in [5.41, 5.74) is 2.45. The molecule has 0 aromatic heterocycles. The molecular formula is C30H32SiTi. The largest absolute Gasteiger partial charge is 4.00 e. The SMILES string of the molecule is C[SiH](C)[CH-]c1ccccc1.[CH2-]c1ccccc1.[Ti+4].c1cc[cH-]c1.c1ccc2[cH-]ccc2c1. The van der Waals surface area contributed by atoms with E-state index in [1.165, 1.54) is 16.3 Å². The Balaban J connectivity index is 0.000000217. The standard InChI is InChI=1S/C9H13Si.C9H7.C7H7.C5H5.Ti/c1-10(2)8-9-6-4-3-5-7-9;1-2-5-9-7-3-6-8(9)4-1;1-7-5-3-2-4-6-7;1-2-4-5-3-1;/h3-8,10H,1-2H3;1-7H;2-6H,1H2;1-5H;/q4*-1;+4. The van der Waals surface area contributed by atoms with Gasteiger partial charge in [0.15, 0.2) is 0 Å². The summed E-state index contributed by atoms with van der Waals surface area (Å²) >= 11 is 0. The first-order valence-electron chi connectivity index (χ1n) is 10.7. The molecule has 5 aromatic rings. The summed E-state index contributed by atoms with van der Waals surface area (Å²) in [7, 11) is -0.522. The van der Waals surface area contributed by atoms with Crippen LogP contribution in [0.3, 0.4) is 0 Å². The van der Waals surface area contributed by atoms with Crippen LogP contribution in [0.5, 0.6) is 0 Å². The van der Waals surface area contributed by atoms with E-state index in [1.807, 2.05) is 60.7 Å². The van der Waals surface area contributed by atoms with Gasteiger partial charge < -0.3 is 0 Å². The van der Waals surface area contributed by atoms with E-state index in [0.29, 0.717) is 0 Å². The van der Waals surface area contributed by atoms with Crippen LogP contribution in [0.25, 0.3) is 10.8 Å². The number of rotatable bonds is 2. The van der Waals surface area contributed by atoms with Gasteiger partial charge in [-0.3, -0.25) is 0 Å². The van der Waals surface area contributed by atoms with E-state index in [2.05, 4.69) is 98.9 Å². The maximum Gasteiger partial charge on any atom is 4.00 e. The summed E-state index contributed by atoms with van der Waals surface area (Å²) in [5, 5.41) is 2.66. The molecule has 0 saturated carbocycles. The van der Waals surface area contributed by atoms with E-state index in [1.54, 1.807) is 0 Å². The number of hydrogen-bond acceptors (Lipinski definition) is 0. The molecule has 0 atom stereocenters. The second-order valence-electron chi connectivity index (χ2n) is 7.42. The van der Waals surface area contributed by atoms with Crippen molar-refractivity contribution in [2.24, 2.45) is 0 Å². The third-order valence-corrected chi connectivity index (χ3v) is 5.32. The van der Waals surface area contributed by atoms with Gasteiger partial charge in [-0.25, -0.2) is 12.1 Å². The van der Waals surface area contributed by atoms with Crippen molar-refractivity contribution >= 4 is 19.6 Å². The summed E-state index contributed by atoms with van der Waals surface area (Å²) < 4.78 is 0. The van der Waals surface area contributed by atoms with E-state index in [-0.39, 0.29) is 21.7 Å². The molecule has 2 heteroatoms. The van der Waals surface area contributed by atoms with Crippen molar-refractivity contribution in [1.82, 2.24) is 0 Å². The number of hydrogen-bond donors (Lipinski definition) is 0. The summed E-state index contributed by atoms with van der Waals surface area (Å²) in [6.07, 6.45) is 0. The molecule has 160 valence electrons. The van der Waals surface area contributed by atoms with Gasteiger partial charge in [0.1, 0.15) is 0 Å². The maximum absolute atomic E-state index is 3.72. The molecular weight excluding hydrogens is 436 g/mol. The Morgan fingerprint density at radius 3 is 1.69 bits per heavy atom. The molecule has 0 radical (unpaired) electrons. The van der Waals surface area contributed by atoms with Crippen molar-refractivity contribution in [2.75, 3.05) is 0 Å². The average molecular weight is 469 g/mol. The molecule has 0 unspecified atom stereocenters. The molecule has 5 rings (SSSR count). The quantitative estimate of drug-likeness (QED) is 0.181. The van der Waals surface area contributed by atoms with Crippen LogP contribution in [0.4, 0.5) is 0 Å². The van der Waals surface area contributed by atoms with Gasteiger partial charge in [-0.05, 0) is 8.80 Å². The zero-order valence-electron chi connectivity index (χ0n) is 19.1. The van der Waals surface area contributed by atoms with E-state index in [4.69, 9.17) is 0 Å². The van der Waals surface area contributed by atoms with E-state index in [0.717, 1.165) is 5.56 Å². The second kappa shape index (κ2) is 16.9. The third-order valence-electron chi connectivity index (χ3n) is 4.27. The molecule has 0 spiro atoms. The molecule has 0 saturated heterocycles. The molecule has 0 fully saturated rings. The fourth-order valence-corrected chi connectivity index (χ4v) is 3.81. The van der Waals surface area contributed by atoms with E-state index in [9.17, 15) is 0 Å². The van der Waals surface area contributed by atoms with Gasteiger partial charge in [0.05, 0.1) is 0 Å². The van der Waals surface area contributed by atoms with Crippen LogP contribution in [0.1, 0.15) is 11.1 Å². The van der Waals surface area contributed by atoms with Crippen LogP contribution in [0, 0.1) is 13.0 Å². The first-order chi connectivity index (χ1) is 15.1. The van der Waals surface area contributed by atoms with Crippen molar-refractivity contribution in [3.63, 3.8) is 0 Å². The molecule has 5 aromatic carbocycles. The van der Waals surface area contributed by atoms with E-state index < -0.39 is 8.80 Å². The topological polar surface area (TPSA) is 0 Å². The van der Waals surface area contributed by atoms with Gasteiger partial charge in [0, 0.05) is 0 Å². The Hall–Kier alpha value is -2.71. The smallest absolute Gasteiger partial charge is 0.214 e. The number of fused-ring (bicyclic) bond motifs is 1. The minimum absolute atomic E-state index is 0.